The molecule has 0 spiro atoms. The number of anilines is 1. The van der Waals surface area contributed by atoms with Crippen LogP contribution in [0.1, 0.15) is 22.5 Å². The van der Waals surface area contributed by atoms with E-state index in [-0.39, 0.29) is 30.7 Å². The van der Waals surface area contributed by atoms with Gasteiger partial charge in [0.1, 0.15) is 5.69 Å². The molecule has 116 valence electrons. The molecule has 0 atom stereocenters. The fourth-order valence-corrected chi connectivity index (χ4v) is 2.49. The van der Waals surface area contributed by atoms with Crippen LogP contribution in [0.2, 0.25) is 0 Å². The van der Waals surface area contributed by atoms with Crippen molar-refractivity contribution in [3.05, 3.63) is 47.0 Å². The number of thiazole rings is 1. The average molecular weight is 319 g/mol. The van der Waals surface area contributed by atoms with Crippen molar-refractivity contribution in [2.24, 2.45) is 0 Å². The van der Waals surface area contributed by atoms with Crippen molar-refractivity contribution in [3.8, 4) is 0 Å². The highest BCUT2D eigenvalue weighted by Gasteiger charge is 2.11. The van der Waals surface area contributed by atoms with Gasteiger partial charge in [0.2, 0.25) is 5.91 Å². The van der Waals surface area contributed by atoms with Gasteiger partial charge in [-0.15, -0.1) is 11.3 Å². The fourth-order valence-electron chi connectivity index (χ4n) is 1.78. The third kappa shape index (κ3) is 4.94. The van der Waals surface area contributed by atoms with E-state index in [9.17, 15) is 9.59 Å². The lowest BCUT2D eigenvalue weighted by Crippen LogP contribution is -2.26. The number of nitrogens with zero attached hydrogens (tertiary/aromatic N) is 1. The summed E-state index contributed by atoms with van der Waals surface area (Å²) in [5.41, 5.74) is 1.33. The second-order valence-corrected chi connectivity index (χ2v) is 5.41. The summed E-state index contributed by atoms with van der Waals surface area (Å²) < 4.78 is 0. The predicted molar refractivity (Wildman–Crippen MR) is 84.9 cm³/mol. The van der Waals surface area contributed by atoms with E-state index in [0.29, 0.717) is 18.0 Å². The van der Waals surface area contributed by atoms with E-state index >= 15 is 0 Å². The SMILES string of the molecule is O=C(CCc1ccccc1)Nc1nc(C(=O)NCCO)cs1. The molecule has 7 heteroatoms. The molecule has 0 aliphatic carbocycles. The lowest BCUT2D eigenvalue weighted by molar-refractivity contribution is -0.116. The number of carbonyl (C=O) groups is 2. The lowest BCUT2D eigenvalue weighted by atomic mass is 10.1. The largest absolute Gasteiger partial charge is 0.395 e. The number of benzene rings is 1. The van der Waals surface area contributed by atoms with Gasteiger partial charge in [-0.3, -0.25) is 9.59 Å². The van der Waals surface area contributed by atoms with Crippen molar-refractivity contribution in [1.29, 1.82) is 0 Å². The molecule has 1 heterocycles. The number of aryl methyl sites for hydroxylation is 1. The molecule has 6 nitrogen and oxygen atoms in total. The first kappa shape index (κ1) is 16.1. The number of nitrogens with one attached hydrogen (secondary N) is 2. The standard InChI is InChI=1S/C15H17N3O3S/c19-9-8-16-14(21)12-10-22-15(17-12)18-13(20)7-6-11-4-2-1-3-5-11/h1-5,10,19H,6-9H2,(H,16,21)(H,17,18,20). The maximum Gasteiger partial charge on any atom is 0.270 e. The van der Waals surface area contributed by atoms with Crippen LogP contribution in [0.4, 0.5) is 5.13 Å². The number of carbonyl (C=O) groups excluding carboxylic acids is 2. The minimum Gasteiger partial charge on any atom is -0.395 e. The summed E-state index contributed by atoms with van der Waals surface area (Å²) in [5, 5.41) is 15.8. The van der Waals surface area contributed by atoms with E-state index in [1.54, 1.807) is 5.38 Å². The highest BCUT2D eigenvalue weighted by atomic mass is 32.1. The molecule has 0 saturated carbocycles. The first-order valence-electron chi connectivity index (χ1n) is 6.87. The van der Waals surface area contributed by atoms with Gasteiger partial charge in [0, 0.05) is 18.3 Å². The summed E-state index contributed by atoms with van der Waals surface area (Å²) in [7, 11) is 0. The van der Waals surface area contributed by atoms with Crippen LogP contribution in [-0.2, 0) is 11.2 Å². The van der Waals surface area contributed by atoms with Crippen LogP contribution < -0.4 is 10.6 Å². The van der Waals surface area contributed by atoms with Gasteiger partial charge < -0.3 is 15.7 Å². The van der Waals surface area contributed by atoms with Gasteiger partial charge in [-0.1, -0.05) is 30.3 Å². The summed E-state index contributed by atoms with van der Waals surface area (Å²) in [5.74, 6) is -0.504. The Hall–Kier alpha value is -2.25. The predicted octanol–water partition coefficient (Wildman–Crippen LogP) is 1.44. The Labute approximate surface area is 132 Å². The number of aliphatic hydroxyl groups is 1. The minimum atomic E-state index is -0.366. The number of amides is 2. The highest BCUT2D eigenvalue weighted by Crippen LogP contribution is 2.16. The second kappa shape index (κ2) is 8.26. The first-order chi connectivity index (χ1) is 10.7. The molecule has 2 rings (SSSR count). The smallest absolute Gasteiger partial charge is 0.270 e. The fraction of sp³-hybridized carbons (Fsp3) is 0.267. The monoisotopic (exact) mass is 319 g/mol. The number of aromatic nitrogens is 1. The van der Waals surface area contributed by atoms with Crippen LogP contribution in [0.15, 0.2) is 35.7 Å². The van der Waals surface area contributed by atoms with Gasteiger partial charge in [-0.05, 0) is 12.0 Å². The lowest BCUT2D eigenvalue weighted by Gasteiger charge is -2.02. The van der Waals surface area contributed by atoms with Gasteiger partial charge in [0.15, 0.2) is 5.13 Å². The summed E-state index contributed by atoms with van der Waals surface area (Å²) in [6.45, 7) is 0.0497. The zero-order valence-electron chi connectivity index (χ0n) is 11.9. The molecule has 3 N–H and O–H groups in total. The maximum absolute atomic E-state index is 11.9. The number of aliphatic hydroxyl groups excluding tert-OH is 1. The second-order valence-electron chi connectivity index (χ2n) is 4.55. The van der Waals surface area contributed by atoms with Crippen molar-refractivity contribution >= 4 is 28.3 Å². The highest BCUT2D eigenvalue weighted by molar-refractivity contribution is 7.14. The quantitative estimate of drug-likeness (QED) is 0.720. The van der Waals surface area contributed by atoms with Gasteiger partial charge in [-0.25, -0.2) is 4.98 Å². The zero-order chi connectivity index (χ0) is 15.8. The van der Waals surface area contributed by atoms with Crippen molar-refractivity contribution in [2.75, 3.05) is 18.5 Å². The number of hydrogen-bond acceptors (Lipinski definition) is 5. The Bertz CT molecular complexity index is 628. The molecule has 0 aliphatic rings. The molecule has 0 bridgehead atoms. The van der Waals surface area contributed by atoms with Crippen LogP contribution in [0, 0.1) is 0 Å². The molecular weight excluding hydrogens is 302 g/mol. The molecule has 0 saturated heterocycles. The van der Waals surface area contributed by atoms with E-state index in [2.05, 4.69) is 15.6 Å². The normalized spacial score (nSPS) is 10.2. The third-order valence-electron chi connectivity index (χ3n) is 2.86. The average Bonchev–Trinajstić information content (AvgIpc) is 3.00. The first-order valence-corrected chi connectivity index (χ1v) is 7.75. The van der Waals surface area contributed by atoms with E-state index in [4.69, 9.17) is 5.11 Å². The minimum absolute atomic E-state index is 0.126. The molecule has 2 amide bonds. The molecule has 1 aromatic carbocycles. The van der Waals surface area contributed by atoms with E-state index in [1.165, 1.54) is 11.3 Å². The summed E-state index contributed by atoms with van der Waals surface area (Å²) >= 11 is 1.19. The Balaban J connectivity index is 1.82. The van der Waals surface area contributed by atoms with Gasteiger partial charge >= 0.3 is 0 Å². The molecule has 22 heavy (non-hydrogen) atoms. The molecular formula is C15H17N3O3S. The Morgan fingerprint density at radius 1 is 1.23 bits per heavy atom. The summed E-state index contributed by atoms with van der Waals surface area (Å²) in [4.78, 5) is 27.5. The van der Waals surface area contributed by atoms with E-state index in [1.807, 2.05) is 30.3 Å². The van der Waals surface area contributed by atoms with E-state index in [0.717, 1.165) is 5.56 Å². The summed E-state index contributed by atoms with van der Waals surface area (Å²) in [6, 6.07) is 9.75. The zero-order valence-corrected chi connectivity index (χ0v) is 12.7. The summed E-state index contributed by atoms with van der Waals surface area (Å²) in [6.07, 6.45) is 1.01. The molecule has 0 fully saturated rings. The third-order valence-corrected chi connectivity index (χ3v) is 3.62. The van der Waals surface area contributed by atoms with E-state index < -0.39 is 0 Å². The van der Waals surface area contributed by atoms with Crippen LogP contribution in [0.5, 0.6) is 0 Å². The van der Waals surface area contributed by atoms with Crippen molar-refractivity contribution < 1.29 is 14.7 Å². The molecule has 1 aromatic heterocycles. The topological polar surface area (TPSA) is 91.3 Å². The number of rotatable bonds is 7. The van der Waals surface area contributed by atoms with Crippen molar-refractivity contribution in [2.45, 2.75) is 12.8 Å². The van der Waals surface area contributed by atoms with Crippen LogP contribution in [0.3, 0.4) is 0 Å². The van der Waals surface area contributed by atoms with Crippen LogP contribution in [0.25, 0.3) is 0 Å². The molecule has 0 unspecified atom stereocenters. The molecule has 2 aromatic rings. The Morgan fingerprint density at radius 2 is 2.00 bits per heavy atom. The van der Waals surface area contributed by atoms with Crippen molar-refractivity contribution in [1.82, 2.24) is 10.3 Å². The Kier molecular flexibility index (Phi) is 6.05. The van der Waals surface area contributed by atoms with Gasteiger partial charge in [-0.2, -0.15) is 0 Å². The van der Waals surface area contributed by atoms with Crippen LogP contribution >= 0.6 is 11.3 Å². The van der Waals surface area contributed by atoms with Crippen LogP contribution in [-0.4, -0.2) is 35.1 Å². The van der Waals surface area contributed by atoms with Gasteiger partial charge in [0.25, 0.3) is 5.91 Å². The Morgan fingerprint density at radius 3 is 2.73 bits per heavy atom. The molecule has 0 radical (unpaired) electrons. The maximum atomic E-state index is 11.9. The van der Waals surface area contributed by atoms with Gasteiger partial charge in [0.05, 0.1) is 6.61 Å². The number of hydrogen-bond donors (Lipinski definition) is 3. The van der Waals surface area contributed by atoms with Crippen molar-refractivity contribution in [3.63, 3.8) is 0 Å². The molecule has 0 aliphatic heterocycles.